The highest BCUT2D eigenvalue weighted by Gasteiger charge is 2.07. The molecule has 1 rings (SSSR count). The number of hydrogen-bond acceptors (Lipinski definition) is 2. The highest BCUT2D eigenvalue weighted by molar-refractivity contribution is 7.80. The van der Waals surface area contributed by atoms with Gasteiger partial charge in [0.25, 0.3) is 0 Å². The van der Waals surface area contributed by atoms with Crippen molar-refractivity contribution >= 4 is 12.6 Å². The third-order valence-electron chi connectivity index (χ3n) is 3.03. The van der Waals surface area contributed by atoms with E-state index in [-0.39, 0.29) is 0 Å². The van der Waals surface area contributed by atoms with Gasteiger partial charge in [0.05, 0.1) is 0 Å². The van der Waals surface area contributed by atoms with Gasteiger partial charge in [-0.15, -0.1) is 0 Å². The molecule has 16 heavy (non-hydrogen) atoms. The second kappa shape index (κ2) is 7.75. The smallest absolute Gasteiger partial charge is 0.00189 e. The Bertz CT molecular complexity index is 269. The van der Waals surface area contributed by atoms with Crippen molar-refractivity contribution in [3.63, 3.8) is 0 Å². The number of benzene rings is 1. The second-order valence-electron chi connectivity index (χ2n) is 4.45. The van der Waals surface area contributed by atoms with Gasteiger partial charge in [-0.25, -0.2) is 0 Å². The Morgan fingerprint density at radius 1 is 1.25 bits per heavy atom. The molecule has 0 N–H and O–H groups in total. The minimum absolute atomic E-state index is 0.726. The molecule has 1 unspecified atom stereocenters. The van der Waals surface area contributed by atoms with Gasteiger partial charge in [0, 0.05) is 13.1 Å². The molecule has 2 heteroatoms. The summed E-state index contributed by atoms with van der Waals surface area (Å²) in [4.78, 5) is 2.41. The van der Waals surface area contributed by atoms with Crippen molar-refractivity contribution in [1.29, 1.82) is 0 Å². The molecule has 1 atom stereocenters. The van der Waals surface area contributed by atoms with Gasteiger partial charge in [-0.3, -0.25) is 0 Å². The van der Waals surface area contributed by atoms with E-state index >= 15 is 0 Å². The maximum atomic E-state index is 4.38. The van der Waals surface area contributed by atoms with Gasteiger partial charge in [0.2, 0.25) is 0 Å². The van der Waals surface area contributed by atoms with Crippen molar-refractivity contribution in [2.24, 2.45) is 5.92 Å². The molecule has 0 aliphatic rings. The largest absolute Gasteiger partial charge is 0.306 e. The minimum atomic E-state index is 0.726. The van der Waals surface area contributed by atoms with E-state index in [9.17, 15) is 0 Å². The van der Waals surface area contributed by atoms with Crippen molar-refractivity contribution < 1.29 is 0 Å². The molecule has 0 saturated heterocycles. The van der Waals surface area contributed by atoms with E-state index < -0.39 is 0 Å². The summed E-state index contributed by atoms with van der Waals surface area (Å²) in [5.41, 5.74) is 1.42. The summed E-state index contributed by atoms with van der Waals surface area (Å²) >= 11 is 4.38. The van der Waals surface area contributed by atoms with Crippen LogP contribution in [0, 0.1) is 5.92 Å². The van der Waals surface area contributed by atoms with Crippen LogP contribution in [0.25, 0.3) is 0 Å². The summed E-state index contributed by atoms with van der Waals surface area (Å²) in [5, 5.41) is 0. The van der Waals surface area contributed by atoms with Crippen LogP contribution in [0.3, 0.4) is 0 Å². The van der Waals surface area contributed by atoms with Crippen LogP contribution in [0.1, 0.15) is 18.9 Å². The zero-order valence-electron chi connectivity index (χ0n) is 10.4. The van der Waals surface area contributed by atoms with Gasteiger partial charge < -0.3 is 4.90 Å². The average Bonchev–Trinajstić information content (AvgIpc) is 2.34. The molecule has 0 fully saturated rings. The SMILES string of the molecule is CCC(CS)CN(C)CCc1ccccc1. The molecular weight excluding hydrogens is 214 g/mol. The summed E-state index contributed by atoms with van der Waals surface area (Å²) in [7, 11) is 2.20. The van der Waals surface area contributed by atoms with Gasteiger partial charge in [0.15, 0.2) is 0 Å². The third-order valence-corrected chi connectivity index (χ3v) is 3.55. The summed E-state index contributed by atoms with van der Waals surface area (Å²) in [6.07, 6.45) is 2.36. The summed E-state index contributed by atoms with van der Waals surface area (Å²) in [5.74, 6) is 1.72. The Labute approximate surface area is 105 Å². The van der Waals surface area contributed by atoms with Crippen LogP contribution in [0.5, 0.6) is 0 Å². The lowest BCUT2D eigenvalue weighted by Gasteiger charge is -2.21. The molecule has 0 heterocycles. The minimum Gasteiger partial charge on any atom is -0.306 e. The molecule has 0 amide bonds. The Hall–Kier alpha value is -0.470. The molecule has 0 bridgehead atoms. The maximum absolute atomic E-state index is 4.38. The Balaban J connectivity index is 2.27. The zero-order valence-corrected chi connectivity index (χ0v) is 11.3. The Morgan fingerprint density at radius 3 is 2.50 bits per heavy atom. The third kappa shape index (κ3) is 5.04. The van der Waals surface area contributed by atoms with E-state index in [0.29, 0.717) is 0 Å². The molecule has 90 valence electrons. The molecule has 1 aromatic rings. The fourth-order valence-electron chi connectivity index (χ4n) is 1.81. The highest BCUT2D eigenvalue weighted by Crippen LogP contribution is 2.07. The number of hydrogen-bond donors (Lipinski definition) is 1. The van der Waals surface area contributed by atoms with Crippen molar-refractivity contribution in [3.8, 4) is 0 Å². The lowest BCUT2D eigenvalue weighted by Crippen LogP contribution is -2.28. The summed E-state index contributed by atoms with van der Waals surface area (Å²) < 4.78 is 0. The van der Waals surface area contributed by atoms with Crippen molar-refractivity contribution in [2.75, 3.05) is 25.9 Å². The predicted molar refractivity (Wildman–Crippen MR) is 75.3 cm³/mol. The lowest BCUT2D eigenvalue weighted by molar-refractivity contribution is 0.288. The predicted octanol–water partition coefficient (Wildman–Crippen LogP) is 3.12. The topological polar surface area (TPSA) is 3.24 Å². The zero-order chi connectivity index (χ0) is 11.8. The first-order valence-corrected chi connectivity index (χ1v) is 6.72. The molecule has 1 aromatic carbocycles. The fraction of sp³-hybridized carbons (Fsp3) is 0.571. The van der Waals surface area contributed by atoms with Crippen LogP contribution in [0.15, 0.2) is 30.3 Å². The number of thiol groups is 1. The fourth-order valence-corrected chi connectivity index (χ4v) is 2.19. The van der Waals surface area contributed by atoms with E-state index in [0.717, 1.165) is 31.2 Å². The molecule has 0 aliphatic heterocycles. The van der Waals surface area contributed by atoms with Crippen LogP contribution in [0.2, 0.25) is 0 Å². The van der Waals surface area contributed by atoms with E-state index in [1.807, 2.05) is 0 Å². The van der Waals surface area contributed by atoms with Crippen molar-refractivity contribution in [1.82, 2.24) is 4.90 Å². The van der Waals surface area contributed by atoms with E-state index in [1.165, 1.54) is 12.0 Å². The normalized spacial score (nSPS) is 13.0. The van der Waals surface area contributed by atoms with Gasteiger partial charge in [0.1, 0.15) is 0 Å². The van der Waals surface area contributed by atoms with Crippen molar-refractivity contribution in [2.45, 2.75) is 19.8 Å². The van der Waals surface area contributed by atoms with Gasteiger partial charge in [-0.2, -0.15) is 12.6 Å². The van der Waals surface area contributed by atoms with Gasteiger partial charge >= 0.3 is 0 Å². The van der Waals surface area contributed by atoms with Crippen LogP contribution in [-0.2, 0) is 6.42 Å². The van der Waals surface area contributed by atoms with Gasteiger partial charge in [-0.05, 0) is 30.7 Å². The van der Waals surface area contributed by atoms with E-state index in [1.54, 1.807) is 0 Å². The second-order valence-corrected chi connectivity index (χ2v) is 4.82. The molecular formula is C14H23NS. The highest BCUT2D eigenvalue weighted by atomic mass is 32.1. The molecule has 0 spiro atoms. The van der Waals surface area contributed by atoms with Crippen molar-refractivity contribution in [3.05, 3.63) is 35.9 Å². The first-order chi connectivity index (χ1) is 7.76. The first kappa shape index (κ1) is 13.6. The Kier molecular flexibility index (Phi) is 6.58. The maximum Gasteiger partial charge on any atom is 0.00189 e. The monoisotopic (exact) mass is 237 g/mol. The molecule has 1 nitrogen and oxygen atoms in total. The van der Waals surface area contributed by atoms with Crippen LogP contribution >= 0.6 is 12.6 Å². The number of rotatable bonds is 7. The molecule has 0 aliphatic carbocycles. The van der Waals surface area contributed by atoms with E-state index in [4.69, 9.17) is 0 Å². The summed E-state index contributed by atoms with van der Waals surface area (Å²) in [6.45, 7) is 4.53. The number of nitrogens with zero attached hydrogens (tertiary/aromatic N) is 1. The van der Waals surface area contributed by atoms with Crippen LogP contribution in [0.4, 0.5) is 0 Å². The summed E-state index contributed by atoms with van der Waals surface area (Å²) in [6, 6.07) is 10.7. The first-order valence-electron chi connectivity index (χ1n) is 6.09. The Morgan fingerprint density at radius 2 is 1.94 bits per heavy atom. The average molecular weight is 237 g/mol. The van der Waals surface area contributed by atoms with Gasteiger partial charge in [-0.1, -0.05) is 43.7 Å². The number of likely N-dealkylation sites (N-methyl/N-ethyl adjacent to an activating group) is 1. The quantitative estimate of drug-likeness (QED) is 0.713. The molecule has 0 aromatic heterocycles. The van der Waals surface area contributed by atoms with Crippen LogP contribution in [-0.4, -0.2) is 30.8 Å². The van der Waals surface area contributed by atoms with E-state index in [2.05, 4.69) is 61.8 Å². The molecule has 0 saturated carbocycles. The van der Waals surface area contributed by atoms with Crippen LogP contribution < -0.4 is 0 Å². The standard InChI is InChI=1S/C14H23NS/c1-3-13(12-16)11-15(2)10-9-14-7-5-4-6-8-14/h4-8,13,16H,3,9-12H2,1-2H3. The molecule has 0 radical (unpaired) electrons. The lowest BCUT2D eigenvalue weighted by atomic mass is 10.1.